The van der Waals surface area contributed by atoms with Crippen LogP contribution in [0.2, 0.25) is 5.02 Å². The first kappa shape index (κ1) is 15.7. The highest BCUT2D eigenvalue weighted by Gasteiger charge is 2.34. The Morgan fingerprint density at radius 1 is 1.09 bits per heavy atom. The number of aliphatic hydroxyl groups excluding tert-OH is 1. The number of benzene rings is 1. The van der Waals surface area contributed by atoms with Crippen molar-refractivity contribution in [2.75, 3.05) is 0 Å². The summed E-state index contributed by atoms with van der Waals surface area (Å²) in [4.78, 5) is 7.60. The van der Waals surface area contributed by atoms with Crippen LogP contribution in [0.4, 0.5) is 13.2 Å². The highest BCUT2D eigenvalue weighted by Crippen LogP contribution is 2.35. The van der Waals surface area contributed by atoms with Gasteiger partial charge in [0, 0.05) is 16.6 Å². The first-order chi connectivity index (χ1) is 10.9. The fourth-order valence-corrected chi connectivity index (χ4v) is 2.46. The van der Waals surface area contributed by atoms with Crippen LogP contribution in [-0.4, -0.2) is 15.1 Å². The van der Waals surface area contributed by atoms with Gasteiger partial charge in [-0.15, -0.1) is 0 Å². The van der Waals surface area contributed by atoms with Crippen molar-refractivity contribution in [3.8, 4) is 0 Å². The molecule has 3 rings (SSSR count). The van der Waals surface area contributed by atoms with Crippen LogP contribution in [0.15, 0.2) is 48.7 Å². The van der Waals surface area contributed by atoms with Gasteiger partial charge in [-0.25, -0.2) is 4.98 Å². The lowest BCUT2D eigenvalue weighted by Crippen LogP contribution is -2.11. The Kier molecular flexibility index (Phi) is 3.95. The average Bonchev–Trinajstić information content (AvgIpc) is 2.53. The van der Waals surface area contributed by atoms with E-state index in [1.807, 2.05) is 0 Å². The van der Waals surface area contributed by atoms with E-state index in [1.165, 1.54) is 30.5 Å². The Labute approximate surface area is 134 Å². The van der Waals surface area contributed by atoms with Crippen molar-refractivity contribution in [2.45, 2.75) is 12.3 Å². The molecule has 0 spiro atoms. The van der Waals surface area contributed by atoms with E-state index in [0.29, 0.717) is 10.4 Å². The van der Waals surface area contributed by atoms with Gasteiger partial charge in [0.25, 0.3) is 0 Å². The number of pyridine rings is 2. The summed E-state index contributed by atoms with van der Waals surface area (Å²) < 4.78 is 39.2. The molecule has 0 aliphatic carbocycles. The lowest BCUT2D eigenvalue weighted by atomic mass is 10.00. The summed E-state index contributed by atoms with van der Waals surface area (Å²) >= 11 is 5.92. The summed E-state index contributed by atoms with van der Waals surface area (Å²) in [7, 11) is 0. The second kappa shape index (κ2) is 5.79. The van der Waals surface area contributed by atoms with E-state index in [4.69, 9.17) is 11.6 Å². The summed E-state index contributed by atoms with van der Waals surface area (Å²) in [6, 6.07) is 9.99. The molecule has 0 aliphatic heterocycles. The molecule has 1 aromatic carbocycles. The molecule has 0 saturated heterocycles. The summed E-state index contributed by atoms with van der Waals surface area (Å²) in [5.74, 6) is 0. The van der Waals surface area contributed by atoms with Crippen molar-refractivity contribution >= 4 is 22.5 Å². The van der Waals surface area contributed by atoms with Gasteiger partial charge >= 0.3 is 6.18 Å². The van der Waals surface area contributed by atoms with Crippen LogP contribution in [0.25, 0.3) is 10.9 Å². The predicted octanol–water partition coefficient (Wildman–Crippen LogP) is 4.38. The second-order valence-corrected chi connectivity index (χ2v) is 5.35. The lowest BCUT2D eigenvalue weighted by Gasteiger charge is -2.16. The summed E-state index contributed by atoms with van der Waals surface area (Å²) in [5.41, 5.74) is -0.664. The van der Waals surface area contributed by atoms with Crippen molar-refractivity contribution in [2.24, 2.45) is 0 Å². The second-order valence-electron chi connectivity index (χ2n) is 4.91. The minimum Gasteiger partial charge on any atom is -0.382 e. The molecule has 23 heavy (non-hydrogen) atoms. The molecular weight excluding hydrogens is 329 g/mol. The van der Waals surface area contributed by atoms with Crippen LogP contribution in [0.3, 0.4) is 0 Å². The lowest BCUT2D eigenvalue weighted by molar-refractivity contribution is -0.141. The number of hydrogen-bond acceptors (Lipinski definition) is 3. The maximum atomic E-state index is 13.1. The van der Waals surface area contributed by atoms with Gasteiger partial charge in [0.05, 0.1) is 11.2 Å². The maximum Gasteiger partial charge on any atom is 0.433 e. The van der Waals surface area contributed by atoms with Gasteiger partial charge in [0.1, 0.15) is 11.8 Å². The molecule has 118 valence electrons. The van der Waals surface area contributed by atoms with E-state index in [9.17, 15) is 18.3 Å². The highest BCUT2D eigenvalue weighted by molar-refractivity contribution is 6.31. The molecule has 0 fully saturated rings. The minimum atomic E-state index is -4.62. The Hall–Kier alpha value is -2.18. The topological polar surface area (TPSA) is 46.0 Å². The fourth-order valence-electron chi connectivity index (χ4n) is 2.29. The Morgan fingerprint density at radius 3 is 2.52 bits per heavy atom. The van der Waals surface area contributed by atoms with E-state index < -0.39 is 18.0 Å². The van der Waals surface area contributed by atoms with Crippen molar-refractivity contribution in [1.29, 1.82) is 0 Å². The van der Waals surface area contributed by atoms with Crippen molar-refractivity contribution < 1.29 is 18.3 Å². The van der Waals surface area contributed by atoms with E-state index in [-0.39, 0.29) is 16.8 Å². The van der Waals surface area contributed by atoms with Crippen molar-refractivity contribution in [1.82, 2.24) is 9.97 Å². The molecule has 1 N–H and O–H groups in total. The van der Waals surface area contributed by atoms with Gasteiger partial charge in [-0.3, -0.25) is 4.98 Å². The summed E-state index contributed by atoms with van der Waals surface area (Å²) in [6.07, 6.45) is -4.48. The maximum absolute atomic E-state index is 13.1. The van der Waals surface area contributed by atoms with Crippen LogP contribution < -0.4 is 0 Å². The number of aliphatic hydroxyl groups is 1. The average molecular weight is 339 g/mol. The van der Waals surface area contributed by atoms with Gasteiger partial charge < -0.3 is 5.11 Å². The Morgan fingerprint density at radius 2 is 1.87 bits per heavy atom. The van der Waals surface area contributed by atoms with Gasteiger partial charge in [-0.2, -0.15) is 13.2 Å². The number of fused-ring (bicyclic) bond motifs is 1. The molecule has 0 amide bonds. The van der Waals surface area contributed by atoms with Gasteiger partial charge in [-0.1, -0.05) is 17.7 Å². The number of nitrogens with zero attached hydrogens (tertiary/aromatic N) is 2. The minimum absolute atomic E-state index is 0.0588. The quantitative estimate of drug-likeness (QED) is 0.754. The van der Waals surface area contributed by atoms with E-state index in [2.05, 4.69) is 9.97 Å². The number of hydrogen-bond donors (Lipinski definition) is 1. The molecule has 7 heteroatoms. The largest absolute Gasteiger partial charge is 0.433 e. The molecule has 0 radical (unpaired) electrons. The summed E-state index contributed by atoms with van der Waals surface area (Å²) in [5, 5.41) is 11.2. The van der Waals surface area contributed by atoms with Crippen molar-refractivity contribution in [3.05, 3.63) is 70.6 Å². The standard InChI is InChI=1S/C16H10ClF3N2O/c17-9-4-5-12-10(7-9)11(8-14(22-12)16(18,19)20)15(23)13-3-1-2-6-21-13/h1-8,15,23H. The number of aromatic nitrogens is 2. The highest BCUT2D eigenvalue weighted by atomic mass is 35.5. The van der Waals surface area contributed by atoms with Crippen LogP contribution >= 0.6 is 11.6 Å². The number of alkyl halides is 3. The molecule has 0 saturated carbocycles. The van der Waals surface area contributed by atoms with E-state index in [1.54, 1.807) is 12.1 Å². The molecular formula is C16H10ClF3N2O. The molecule has 0 aliphatic rings. The van der Waals surface area contributed by atoms with E-state index >= 15 is 0 Å². The van der Waals surface area contributed by atoms with E-state index in [0.717, 1.165) is 6.07 Å². The molecule has 1 unspecified atom stereocenters. The summed E-state index contributed by atoms with van der Waals surface area (Å²) in [6.45, 7) is 0. The SMILES string of the molecule is OC(c1ccccn1)c1cc(C(F)(F)F)nc2ccc(Cl)cc12. The molecule has 2 heterocycles. The van der Waals surface area contributed by atoms with Crippen molar-refractivity contribution in [3.63, 3.8) is 0 Å². The molecule has 3 aromatic rings. The van der Waals surface area contributed by atoms with Gasteiger partial charge in [0.2, 0.25) is 0 Å². The Bertz CT molecular complexity index is 853. The monoisotopic (exact) mass is 338 g/mol. The zero-order valence-corrected chi connectivity index (χ0v) is 12.3. The van der Waals surface area contributed by atoms with Gasteiger partial charge in [-0.05, 0) is 42.0 Å². The molecule has 2 aromatic heterocycles. The van der Waals surface area contributed by atoms with Crippen LogP contribution in [0.1, 0.15) is 23.1 Å². The predicted molar refractivity (Wildman–Crippen MR) is 80.1 cm³/mol. The first-order valence-corrected chi connectivity index (χ1v) is 7.00. The molecule has 1 atom stereocenters. The first-order valence-electron chi connectivity index (χ1n) is 6.62. The third-order valence-electron chi connectivity index (χ3n) is 3.36. The van der Waals surface area contributed by atoms with Crippen LogP contribution in [0, 0.1) is 0 Å². The third kappa shape index (κ3) is 3.13. The zero-order valence-electron chi connectivity index (χ0n) is 11.5. The smallest absolute Gasteiger partial charge is 0.382 e. The molecule has 3 nitrogen and oxygen atoms in total. The normalized spacial score (nSPS) is 13.3. The van der Waals surface area contributed by atoms with Crippen LogP contribution in [-0.2, 0) is 6.18 Å². The van der Waals surface area contributed by atoms with Crippen LogP contribution in [0.5, 0.6) is 0 Å². The fraction of sp³-hybridized carbons (Fsp3) is 0.125. The number of rotatable bonds is 2. The third-order valence-corrected chi connectivity index (χ3v) is 3.59. The Balaban J connectivity index is 2.26. The zero-order chi connectivity index (χ0) is 16.6. The van der Waals surface area contributed by atoms with Gasteiger partial charge in [0.15, 0.2) is 0 Å². The molecule has 0 bridgehead atoms. The number of halogens is 4.